The van der Waals surface area contributed by atoms with Crippen LogP contribution in [-0.4, -0.2) is 16.2 Å². The second-order valence-electron chi connectivity index (χ2n) is 15.3. The van der Waals surface area contributed by atoms with E-state index in [1.807, 2.05) is 47.7 Å². The van der Waals surface area contributed by atoms with Crippen molar-refractivity contribution in [3.8, 4) is 5.69 Å². The molecule has 13 rings (SSSR count). The maximum Gasteiger partial charge on any atom is 0.159 e. The summed E-state index contributed by atoms with van der Waals surface area (Å²) in [7, 11) is 0. The quantitative estimate of drug-likeness (QED) is 0.194. The van der Waals surface area contributed by atoms with Crippen molar-refractivity contribution in [3.63, 3.8) is 0 Å². The third-order valence-corrected chi connectivity index (χ3v) is 13.2. The molecule has 9 aromatic carbocycles. The summed E-state index contributed by atoms with van der Waals surface area (Å²) in [6.45, 7) is 0. The van der Waals surface area contributed by atoms with Gasteiger partial charge in [-0.2, -0.15) is 0 Å². The molecule has 12 aromatic rings. The molecule has 6 heteroatoms. The van der Waals surface area contributed by atoms with Crippen LogP contribution < -0.4 is 5.32 Å². The Morgan fingerprint density at radius 3 is 2.07 bits per heavy atom. The molecule has 0 fully saturated rings. The molecule has 1 aliphatic heterocycles. The number of aromatic nitrogens is 1. The molecule has 276 valence electrons. The van der Waals surface area contributed by atoms with E-state index in [2.05, 4.69) is 155 Å². The van der Waals surface area contributed by atoms with E-state index in [9.17, 15) is 0 Å². The van der Waals surface area contributed by atoms with Gasteiger partial charge >= 0.3 is 0 Å². The normalized spacial score (nSPS) is 14.6. The number of fused-ring (bicyclic) bond motifs is 15. The lowest BCUT2D eigenvalue weighted by Gasteiger charge is -2.24. The molecule has 1 atom stereocenters. The molecule has 5 nitrogen and oxygen atoms in total. The predicted molar refractivity (Wildman–Crippen MR) is 248 cm³/mol. The minimum atomic E-state index is -0.387. The molecule has 0 amide bonds. The average Bonchev–Trinajstić information content (AvgIpc) is 3.99. The van der Waals surface area contributed by atoms with Crippen LogP contribution in [0.15, 0.2) is 196 Å². The Labute approximate surface area is 341 Å². The van der Waals surface area contributed by atoms with E-state index in [0.29, 0.717) is 5.84 Å². The Balaban J connectivity index is 1.07. The molecular formula is C53H32N4OS. The standard InChI is InChI=1S/C53H32N4OS/c1-3-15-32(16-4-1)51-54-52(33-17-5-2-6-18-33)56-53(55-51)40-23-13-24-42-45(40)38-28-27-34(30-43(38)58-42)57-41-29-26-31-14-7-8-19-35(31)47(41)48-37-21-10-9-20-36(37)46-39-22-11-12-25-44(39)59-50(46)49(48)57/h1-30,53H,(H,54,55,56). The molecule has 0 bridgehead atoms. The van der Waals surface area contributed by atoms with Crippen molar-refractivity contribution < 1.29 is 4.42 Å². The van der Waals surface area contributed by atoms with Gasteiger partial charge in [-0.1, -0.05) is 146 Å². The van der Waals surface area contributed by atoms with E-state index >= 15 is 0 Å². The lowest BCUT2D eigenvalue weighted by atomic mass is 9.97. The lowest BCUT2D eigenvalue weighted by molar-refractivity contribution is 0.662. The molecule has 0 spiro atoms. The third-order valence-electron chi connectivity index (χ3n) is 12.0. The first kappa shape index (κ1) is 32.5. The fourth-order valence-electron chi connectivity index (χ4n) is 9.48. The van der Waals surface area contributed by atoms with Crippen molar-refractivity contribution in [2.45, 2.75) is 6.17 Å². The maximum atomic E-state index is 6.83. The van der Waals surface area contributed by atoms with Gasteiger partial charge in [0.1, 0.15) is 23.2 Å². The molecule has 1 unspecified atom stereocenters. The molecular weight excluding hydrogens is 741 g/mol. The van der Waals surface area contributed by atoms with Gasteiger partial charge in [0.15, 0.2) is 5.84 Å². The highest BCUT2D eigenvalue weighted by Crippen LogP contribution is 2.49. The third kappa shape index (κ3) is 4.78. The Hall–Kier alpha value is -7.54. The van der Waals surface area contributed by atoms with Crippen molar-refractivity contribution >= 4 is 108 Å². The Bertz CT molecular complexity index is 3760. The van der Waals surface area contributed by atoms with Crippen LogP contribution in [-0.2, 0) is 0 Å². The topological polar surface area (TPSA) is 54.8 Å². The SMILES string of the molecule is c1ccc(C2=NC(c3cccc4oc5cc(-n6c7ccc8ccccc8c7c7c8ccccc8c8c9ccccc9sc8c76)ccc5c34)NC(c3ccccc3)=N2)cc1. The summed E-state index contributed by atoms with van der Waals surface area (Å²) in [6, 6.07) is 64.6. The highest BCUT2D eigenvalue weighted by atomic mass is 32.1. The summed E-state index contributed by atoms with van der Waals surface area (Å²) < 4.78 is 11.9. The second kappa shape index (κ2) is 12.5. The van der Waals surface area contributed by atoms with Crippen LogP contribution in [0.4, 0.5) is 0 Å². The molecule has 0 saturated carbocycles. The number of thiophene rings is 1. The number of rotatable bonds is 4. The fourth-order valence-corrected chi connectivity index (χ4v) is 10.7. The van der Waals surface area contributed by atoms with Crippen molar-refractivity contribution in [1.82, 2.24) is 9.88 Å². The van der Waals surface area contributed by atoms with Crippen molar-refractivity contribution in [2.24, 2.45) is 9.98 Å². The van der Waals surface area contributed by atoms with Crippen LogP contribution in [0, 0.1) is 0 Å². The molecule has 1 N–H and O–H groups in total. The summed E-state index contributed by atoms with van der Waals surface area (Å²) in [5, 5.41) is 16.0. The van der Waals surface area contributed by atoms with Gasteiger partial charge in [-0.3, -0.25) is 0 Å². The first-order valence-electron chi connectivity index (χ1n) is 19.9. The van der Waals surface area contributed by atoms with Crippen LogP contribution in [0.5, 0.6) is 0 Å². The molecule has 4 heterocycles. The van der Waals surface area contributed by atoms with Gasteiger partial charge in [-0.15, -0.1) is 11.3 Å². The smallest absolute Gasteiger partial charge is 0.159 e. The number of amidine groups is 2. The number of hydrogen-bond donors (Lipinski definition) is 1. The first-order valence-corrected chi connectivity index (χ1v) is 20.8. The molecule has 1 aliphatic rings. The van der Waals surface area contributed by atoms with E-state index in [0.717, 1.165) is 50.2 Å². The molecule has 3 aromatic heterocycles. The Morgan fingerprint density at radius 2 is 1.24 bits per heavy atom. The first-order chi connectivity index (χ1) is 29.3. The summed E-state index contributed by atoms with van der Waals surface area (Å²) in [4.78, 5) is 10.3. The molecule has 59 heavy (non-hydrogen) atoms. The summed E-state index contributed by atoms with van der Waals surface area (Å²) >= 11 is 1.88. The number of hydrogen-bond acceptors (Lipinski definition) is 5. The van der Waals surface area contributed by atoms with Gasteiger partial charge in [0.25, 0.3) is 0 Å². The zero-order valence-corrected chi connectivity index (χ0v) is 32.4. The number of nitrogens with one attached hydrogen (secondary N) is 1. The fraction of sp³-hybridized carbons (Fsp3) is 0.0189. The van der Waals surface area contributed by atoms with Crippen molar-refractivity contribution in [1.29, 1.82) is 0 Å². The number of furan rings is 1. The van der Waals surface area contributed by atoms with Gasteiger partial charge in [0.05, 0.1) is 15.7 Å². The van der Waals surface area contributed by atoms with Gasteiger partial charge in [-0.25, -0.2) is 9.98 Å². The largest absolute Gasteiger partial charge is 0.456 e. The molecule has 0 aliphatic carbocycles. The number of aliphatic imine (C=N–C) groups is 2. The minimum absolute atomic E-state index is 0.387. The zero-order valence-electron chi connectivity index (χ0n) is 31.6. The van der Waals surface area contributed by atoms with Gasteiger partial charge < -0.3 is 14.3 Å². The van der Waals surface area contributed by atoms with Gasteiger partial charge in [0, 0.05) is 65.5 Å². The predicted octanol–water partition coefficient (Wildman–Crippen LogP) is 13.9. The van der Waals surface area contributed by atoms with Crippen molar-refractivity contribution in [3.05, 3.63) is 199 Å². The highest BCUT2D eigenvalue weighted by molar-refractivity contribution is 7.27. The Morgan fingerprint density at radius 1 is 0.525 bits per heavy atom. The highest BCUT2D eigenvalue weighted by Gasteiger charge is 2.26. The summed E-state index contributed by atoms with van der Waals surface area (Å²) in [6.07, 6.45) is -0.387. The van der Waals surface area contributed by atoms with E-state index in [1.54, 1.807) is 0 Å². The monoisotopic (exact) mass is 772 g/mol. The van der Waals surface area contributed by atoms with Crippen molar-refractivity contribution in [2.75, 3.05) is 0 Å². The van der Waals surface area contributed by atoms with E-state index < -0.39 is 0 Å². The second-order valence-corrected chi connectivity index (χ2v) is 16.3. The van der Waals surface area contributed by atoms with Gasteiger partial charge in [0.2, 0.25) is 0 Å². The van der Waals surface area contributed by atoms with Crippen LogP contribution in [0.25, 0.3) is 91.1 Å². The summed E-state index contributed by atoms with van der Waals surface area (Å²) in [5.41, 5.74) is 8.12. The van der Waals surface area contributed by atoms with Crippen LogP contribution >= 0.6 is 11.3 Å². The number of benzene rings is 9. The van der Waals surface area contributed by atoms with Gasteiger partial charge in [-0.05, 0) is 51.9 Å². The minimum Gasteiger partial charge on any atom is -0.456 e. The molecule has 0 radical (unpaired) electrons. The van der Waals surface area contributed by atoms with Crippen LogP contribution in [0.2, 0.25) is 0 Å². The van der Waals surface area contributed by atoms with E-state index in [-0.39, 0.29) is 6.17 Å². The average molecular weight is 773 g/mol. The van der Waals surface area contributed by atoms with Crippen LogP contribution in [0.1, 0.15) is 22.9 Å². The lowest BCUT2D eigenvalue weighted by Crippen LogP contribution is -2.33. The van der Waals surface area contributed by atoms with Crippen LogP contribution in [0.3, 0.4) is 0 Å². The molecule has 0 saturated heterocycles. The zero-order chi connectivity index (χ0) is 38.6. The summed E-state index contributed by atoms with van der Waals surface area (Å²) in [5.74, 6) is 1.48. The Kier molecular flexibility index (Phi) is 6.88. The van der Waals surface area contributed by atoms with E-state index in [1.165, 1.54) is 63.5 Å². The number of nitrogens with zero attached hydrogens (tertiary/aromatic N) is 3. The maximum absolute atomic E-state index is 6.83. The van der Waals surface area contributed by atoms with E-state index in [4.69, 9.17) is 14.4 Å².